The predicted molar refractivity (Wildman–Crippen MR) is 117 cm³/mol. The molecule has 0 radical (unpaired) electrons. The summed E-state index contributed by atoms with van der Waals surface area (Å²) in [7, 11) is -1.99. The number of carbonyl (C=O) groups excluding carboxylic acids is 1. The fourth-order valence-electron chi connectivity index (χ4n) is 3.95. The number of amides is 1. The summed E-state index contributed by atoms with van der Waals surface area (Å²) in [5, 5.41) is 7.12. The number of halogens is 3. The number of pyridine rings is 1. The van der Waals surface area contributed by atoms with Crippen LogP contribution in [0.5, 0.6) is 5.75 Å². The number of piperidine rings is 1. The summed E-state index contributed by atoms with van der Waals surface area (Å²) in [4.78, 5) is 27.6. The number of aliphatic carboxylic acids is 1. The topological polar surface area (TPSA) is 117 Å². The lowest BCUT2D eigenvalue weighted by molar-refractivity contribution is -0.192. The third kappa shape index (κ3) is 6.09. The van der Waals surface area contributed by atoms with Crippen molar-refractivity contribution in [1.29, 1.82) is 0 Å². The molecule has 35 heavy (non-hydrogen) atoms. The molecule has 0 unspecified atom stereocenters. The monoisotopic (exact) mass is 515 g/mol. The van der Waals surface area contributed by atoms with E-state index in [-0.39, 0.29) is 16.2 Å². The van der Waals surface area contributed by atoms with E-state index in [0.717, 1.165) is 0 Å². The van der Waals surface area contributed by atoms with Crippen molar-refractivity contribution < 1.29 is 41.0 Å². The molecule has 1 aromatic carbocycles. The van der Waals surface area contributed by atoms with Gasteiger partial charge in [0.05, 0.1) is 6.61 Å². The highest BCUT2D eigenvalue weighted by Crippen LogP contribution is 2.38. The Balaban J connectivity index is 0.000000429. The molecule has 1 N–H and O–H groups in total. The first-order chi connectivity index (χ1) is 16.4. The van der Waals surface area contributed by atoms with E-state index >= 15 is 0 Å². The summed E-state index contributed by atoms with van der Waals surface area (Å²) < 4.78 is 65.0. The number of hydrogen-bond acceptors (Lipinski definition) is 6. The number of hydrogen-bond donors (Lipinski definition) is 1. The first kappa shape index (κ1) is 26.4. The molecule has 3 heterocycles. The molecule has 2 aliphatic heterocycles. The van der Waals surface area contributed by atoms with Crippen LogP contribution >= 0.6 is 0 Å². The lowest BCUT2D eigenvalue weighted by Crippen LogP contribution is -2.51. The number of rotatable bonds is 1. The lowest BCUT2D eigenvalue weighted by atomic mass is 9.78. The van der Waals surface area contributed by atoms with Crippen molar-refractivity contribution >= 4 is 21.9 Å². The molecule has 190 valence electrons. The van der Waals surface area contributed by atoms with Crippen LogP contribution in [-0.2, 0) is 14.8 Å². The molecule has 0 atom stereocenters. The number of carbonyl (C=O) groups is 2. The number of carboxylic acids is 1. The van der Waals surface area contributed by atoms with E-state index in [2.05, 4.69) is 4.98 Å². The van der Waals surface area contributed by atoms with Crippen LogP contribution in [0.3, 0.4) is 0 Å². The van der Waals surface area contributed by atoms with Gasteiger partial charge in [0.1, 0.15) is 10.6 Å². The van der Waals surface area contributed by atoms with Crippen LogP contribution < -0.4 is 4.74 Å². The third-order valence-corrected chi connectivity index (χ3v) is 7.75. The zero-order chi connectivity index (χ0) is 25.9. The summed E-state index contributed by atoms with van der Waals surface area (Å²) in [5.74, 6) is -2.38. The van der Waals surface area contributed by atoms with E-state index in [1.807, 2.05) is 4.90 Å². The molecule has 1 aromatic heterocycles. The molecule has 1 fully saturated rings. The van der Waals surface area contributed by atoms with E-state index in [9.17, 15) is 26.4 Å². The van der Waals surface area contributed by atoms with E-state index in [0.29, 0.717) is 50.4 Å². The minimum Gasteiger partial charge on any atom is -0.492 e. The summed E-state index contributed by atoms with van der Waals surface area (Å²) >= 11 is 0. The fraction of sp³-hybridized carbons (Fsp3) is 0.409. The summed E-state index contributed by atoms with van der Waals surface area (Å²) in [5.41, 5.74) is 0.304. The Morgan fingerprint density at radius 3 is 2.23 bits per heavy atom. The van der Waals surface area contributed by atoms with Crippen molar-refractivity contribution in [3.63, 3.8) is 0 Å². The molecule has 2 aromatic rings. The average molecular weight is 516 g/mol. The molecule has 1 saturated heterocycles. The zero-order valence-corrected chi connectivity index (χ0v) is 19.6. The minimum absolute atomic E-state index is 0.0182. The molecule has 13 heteroatoms. The van der Waals surface area contributed by atoms with Gasteiger partial charge in [-0.05, 0) is 37.1 Å². The van der Waals surface area contributed by atoms with Crippen LogP contribution in [0.4, 0.5) is 13.2 Å². The SMILES string of the molecule is CN1CC2(CCN(C(=O)c3ccncc3)CC2)COc2ccccc2S1(=O)=O.O=C(O)C(F)(F)F. The van der Waals surface area contributed by atoms with Crippen molar-refractivity contribution in [1.82, 2.24) is 14.2 Å². The van der Waals surface area contributed by atoms with Gasteiger partial charge in [-0.15, -0.1) is 0 Å². The van der Waals surface area contributed by atoms with Crippen LogP contribution in [0.1, 0.15) is 23.2 Å². The molecule has 1 spiro atoms. The van der Waals surface area contributed by atoms with E-state index in [1.54, 1.807) is 55.8 Å². The van der Waals surface area contributed by atoms with Crippen molar-refractivity contribution in [3.05, 3.63) is 54.4 Å². The Kier molecular flexibility index (Phi) is 7.70. The number of para-hydroxylation sites is 1. The Labute approximate surface area is 200 Å². The normalized spacial score (nSPS) is 19.3. The molecule has 4 rings (SSSR count). The number of benzene rings is 1. The van der Waals surface area contributed by atoms with E-state index in [4.69, 9.17) is 14.6 Å². The van der Waals surface area contributed by atoms with Crippen LogP contribution in [0.15, 0.2) is 53.7 Å². The molecule has 0 bridgehead atoms. The molecular weight excluding hydrogens is 491 g/mol. The van der Waals surface area contributed by atoms with Gasteiger partial charge < -0.3 is 14.7 Å². The zero-order valence-electron chi connectivity index (χ0n) is 18.7. The van der Waals surface area contributed by atoms with Gasteiger partial charge in [0.2, 0.25) is 10.0 Å². The molecule has 2 aliphatic rings. The number of nitrogens with zero attached hydrogens (tertiary/aromatic N) is 3. The molecule has 0 aliphatic carbocycles. The lowest BCUT2D eigenvalue weighted by Gasteiger charge is -2.44. The molecule has 9 nitrogen and oxygen atoms in total. The van der Waals surface area contributed by atoms with Gasteiger partial charge in [-0.1, -0.05) is 12.1 Å². The van der Waals surface area contributed by atoms with Crippen LogP contribution in [0.25, 0.3) is 0 Å². The largest absolute Gasteiger partial charge is 0.492 e. The number of likely N-dealkylation sites (tertiary alicyclic amines) is 1. The van der Waals surface area contributed by atoms with Gasteiger partial charge in [-0.3, -0.25) is 9.78 Å². The second-order valence-electron chi connectivity index (χ2n) is 8.33. The van der Waals surface area contributed by atoms with Crippen LogP contribution in [0, 0.1) is 5.41 Å². The molecular formula is C22H24F3N3O6S. The van der Waals surface area contributed by atoms with E-state index in [1.165, 1.54) is 4.31 Å². The first-order valence-corrected chi connectivity index (χ1v) is 12.0. The van der Waals surface area contributed by atoms with Gasteiger partial charge in [0.25, 0.3) is 5.91 Å². The van der Waals surface area contributed by atoms with Gasteiger partial charge in [0.15, 0.2) is 0 Å². The highest BCUT2D eigenvalue weighted by atomic mass is 32.2. The van der Waals surface area contributed by atoms with E-state index < -0.39 is 22.2 Å². The number of ether oxygens (including phenoxy) is 1. The van der Waals surface area contributed by atoms with Gasteiger partial charge in [-0.25, -0.2) is 17.5 Å². The fourth-order valence-corrected chi connectivity index (χ4v) is 5.36. The van der Waals surface area contributed by atoms with Crippen molar-refractivity contribution in [3.8, 4) is 5.75 Å². The number of alkyl halides is 3. The number of fused-ring (bicyclic) bond motifs is 1. The van der Waals surface area contributed by atoms with Gasteiger partial charge in [-0.2, -0.15) is 13.2 Å². The number of aromatic nitrogens is 1. The highest BCUT2D eigenvalue weighted by Gasteiger charge is 2.42. The third-order valence-electron chi connectivity index (χ3n) is 5.91. The Morgan fingerprint density at radius 2 is 1.66 bits per heavy atom. The second kappa shape index (κ2) is 10.2. The van der Waals surface area contributed by atoms with Crippen LogP contribution in [0.2, 0.25) is 0 Å². The average Bonchev–Trinajstić information content (AvgIpc) is 2.83. The number of sulfonamides is 1. The maximum atomic E-state index is 12.9. The Bertz CT molecular complexity index is 1170. The quantitative estimate of drug-likeness (QED) is 0.621. The van der Waals surface area contributed by atoms with Gasteiger partial charge in [0, 0.05) is 50.1 Å². The van der Waals surface area contributed by atoms with Crippen molar-refractivity contribution in [2.75, 3.05) is 33.3 Å². The van der Waals surface area contributed by atoms with Crippen molar-refractivity contribution in [2.24, 2.45) is 5.41 Å². The summed E-state index contributed by atoms with van der Waals surface area (Å²) in [6.07, 6.45) is -0.491. The second-order valence-corrected chi connectivity index (χ2v) is 10.3. The molecule has 1 amide bonds. The van der Waals surface area contributed by atoms with Gasteiger partial charge >= 0.3 is 12.1 Å². The minimum atomic E-state index is -5.08. The maximum Gasteiger partial charge on any atom is 0.490 e. The van der Waals surface area contributed by atoms with Crippen molar-refractivity contribution in [2.45, 2.75) is 23.9 Å². The smallest absolute Gasteiger partial charge is 0.490 e. The summed E-state index contributed by atoms with van der Waals surface area (Å²) in [6.45, 7) is 1.95. The van der Waals surface area contributed by atoms with Crippen LogP contribution in [-0.4, -0.2) is 79.1 Å². The Hall–Kier alpha value is -3.19. The maximum absolute atomic E-state index is 12.9. The number of carboxylic acid groups (broad SMARTS) is 1. The molecule has 0 saturated carbocycles. The Morgan fingerprint density at radius 1 is 1.09 bits per heavy atom. The summed E-state index contributed by atoms with van der Waals surface area (Å²) in [6, 6.07) is 10.2. The highest BCUT2D eigenvalue weighted by molar-refractivity contribution is 7.89. The predicted octanol–water partition coefficient (Wildman–Crippen LogP) is 2.65. The standard InChI is InChI=1S/C20H23N3O4S.C2HF3O2/c1-22-14-20(15-27-17-4-2-3-5-18(17)28(22,25)26)8-12-23(13-9-20)19(24)16-6-10-21-11-7-16;3-2(4,5)1(6)7/h2-7,10-11H,8-9,12-15H2,1H3;(H,6,7). The first-order valence-electron chi connectivity index (χ1n) is 10.5.